The number of anilines is 2. The second kappa shape index (κ2) is 6.58. The van der Waals surface area contributed by atoms with Crippen molar-refractivity contribution in [3.8, 4) is 0 Å². The molecule has 0 saturated carbocycles. The molecule has 4 nitrogen and oxygen atoms in total. The van der Waals surface area contributed by atoms with E-state index in [0.717, 1.165) is 6.07 Å². The first kappa shape index (κ1) is 17.0. The van der Waals surface area contributed by atoms with Gasteiger partial charge in [-0.3, -0.25) is 9.59 Å². The van der Waals surface area contributed by atoms with Gasteiger partial charge >= 0.3 is 6.18 Å². The maximum absolute atomic E-state index is 13.0. The summed E-state index contributed by atoms with van der Waals surface area (Å²) >= 11 is 0. The third-order valence-corrected chi connectivity index (χ3v) is 4.05. The van der Waals surface area contributed by atoms with Gasteiger partial charge in [0.15, 0.2) is 0 Å². The lowest BCUT2D eigenvalue weighted by molar-refractivity contribution is -0.137. The van der Waals surface area contributed by atoms with Crippen molar-refractivity contribution in [2.45, 2.75) is 12.6 Å². The zero-order valence-corrected chi connectivity index (χ0v) is 13.1. The first-order valence-corrected chi connectivity index (χ1v) is 7.69. The summed E-state index contributed by atoms with van der Waals surface area (Å²) in [5.41, 5.74) is -0.545. The van der Waals surface area contributed by atoms with Gasteiger partial charge in [-0.1, -0.05) is 30.3 Å². The van der Waals surface area contributed by atoms with Crippen LogP contribution in [0.2, 0.25) is 0 Å². The van der Waals surface area contributed by atoms with Crippen molar-refractivity contribution in [2.24, 2.45) is 5.92 Å². The summed E-state index contributed by atoms with van der Waals surface area (Å²) in [5, 5.41) is 2.31. The molecule has 1 N–H and O–H groups in total. The van der Waals surface area contributed by atoms with Crippen LogP contribution in [0.25, 0.3) is 0 Å². The average molecular weight is 348 g/mol. The predicted octanol–water partition coefficient (Wildman–Crippen LogP) is 3.70. The molecule has 0 radical (unpaired) electrons. The van der Waals surface area contributed by atoms with E-state index in [0.29, 0.717) is 5.69 Å². The van der Waals surface area contributed by atoms with E-state index in [4.69, 9.17) is 0 Å². The van der Waals surface area contributed by atoms with Crippen LogP contribution in [0.3, 0.4) is 0 Å². The molecule has 1 unspecified atom stereocenters. The molecular weight excluding hydrogens is 333 g/mol. The molecule has 1 aliphatic heterocycles. The van der Waals surface area contributed by atoms with E-state index in [1.54, 1.807) is 24.3 Å². The van der Waals surface area contributed by atoms with Crippen molar-refractivity contribution in [1.29, 1.82) is 0 Å². The Morgan fingerprint density at radius 2 is 1.68 bits per heavy atom. The predicted molar refractivity (Wildman–Crippen MR) is 87.0 cm³/mol. The van der Waals surface area contributed by atoms with Crippen molar-refractivity contribution in [1.82, 2.24) is 0 Å². The van der Waals surface area contributed by atoms with Gasteiger partial charge in [-0.05, 0) is 24.3 Å². The van der Waals surface area contributed by atoms with Gasteiger partial charge in [-0.15, -0.1) is 0 Å². The first-order valence-electron chi connectivity index (χ1n) is 7.69. The summed E-state index contributed by atoms with van der Waals surface area (Å²) < 4.78 is 39.0. The number of rotatable bonds is 3. The summed E-state index contributed by atoms with van der Waals surface area (Å²) in [7, 11) is 0. The number of carbonyl (C=O) groups is 2. The van der Waals surface area contributed by atoms with E-state index < -0.39 is 23.6 Å². The molecule has 0 spiro atoms. The van der Waals surface area contributed by atoms with Gasteiger partial charge in [0.25, 0.3) is 0 Å². The third-order valence-electron chi connectivity index (χ3n) is 4.05. The molecule has 1 aliphatic rings. The van der Waals surface area contributed by atoms with Gasteiger partial charge in [-0.2, -0.15) is 13.2 Å². The molecule has 0 bridgehead atoms. The first-order chi connectivity index (χ1) is 11.9. The molecule has 1 heterocycles. The highest BCUT2D eigenvalue weighted by molar-refractivity contribution is 6.03. The number of carbonyl (C=O) groups excluding carboxylic acids is 2. The van der Waals surface area contributed by atoms with Crippen LogP contribution in [-0.4, -0.2) is 18.4 Å². The molecule has 3 rings (SSSR count). The maximum Gasteiger partial charge on any atom is 0.418 e. The average Bonchev–Trinajstić information content (AvgIpc) is 2.97. The van der Waals surface area contributed by atoms with E-state index in [9.17, 15) is 22.8 Å². The van der Waals surface area contributed by atoms with Crippen LogP contribution in [0.1, 0.15) is 12.0 Å². The number of nitrogens with one attached hydrogen (secondary N) is 1. The summed E-state index contributed by atoms with van der Waals surface area (Å²) in [5.74, 6) is -1.52. The lowest BCUT2D eigenvalue weighted by Crippen LogP contribution is -2.28. The molecule has 2 aromatic rings. The Labute approximate surface area is 142 Å². The summed E-state index contributed by atoms with van der Waals surface area (Å²) in [6.07, 6.45) is -4.60. The second-order valence-electron chi connectivity index (χ2n) is 5.77. The fourth-order valence-corrected chi connectivity index (χ4v) is 2.81. The molecule has 1 atom stereocenters. The Morgan fingerprint density at radius 3 is 2.36 bits per heavy atom. The zero-order chi connectivity index (χ0) is 18.0. The number of hydrogen-bond acceptors (Lipinski definition) is 2. The van der Waals surface area contributed by atoms with Crippen molar-refractivity contribution in [2.75, 3.05) is 16.8 Å². The number of halogens is 3. The molecule has 0 aliphatic carbocycles. The Kier molecular flexibility index (Phi) is 4.48. The van der Waals surface area contributed by atoms with Crippen molar-refractivity contribution in [3.63, 3.8) is 0 Å². The second-order valence-corrected chi connectivity index (χ2v) is 5.77. The topological polar surface area (TPSA) is 49.4 Å². The molecule has 130 valence electrons. The standard InChI is InChI=1S/C18H15F3N2O2/c19-18(20,21)14-8-4-5-9-15(14)22-17(25)12-10-16(24)23(11-12)13-6-2-1-3-7-13/h1-9,12H,10-11H2,(H,22,25). The normalized spacial score (nSPS) is 17.6. The summed E-state index contributed by atoms with van der Waals surface area (Å²) in [6.45, 7) is 0.142. The van der Waals surface area contributed by atoms with Crippen LogP contribution in [-0.2, 0) is 15.8 Å². The molecule has 2 aromatic carbocycles. The minimum atomic E-state index is -4.56. The van der Waals surface area contributed by atoms with E-state index in [2.05, 4.69) is 5.32 Å². The lowest BCUT2D eigenvalue weighted by atomic mass is 10.1. The molecular formula is C18H15F3N2O2. The van der Waals surface area contributed by atoms with Crippen LogP contribution in [0.4, 0.5) is 24.5 Å². The van der Waals surface area contributed by atoms with Gasteiger partial charge in [0.05, 0.1) is 17.2 Å². The van der Waals surface area contributed by atoms with Crippen LogP contribution >= 0.6 is 0 Å². The smallest absolute Gasteiger partial charge is 0.325 e. The van der Waals surface area contributed by atoms with Crippen molar-refractivity contribution < 1.29 is 22.8 Å². The Bertz CT molecular complexity index is 790. The summed E-state index contributed by atoms with van der Waals surface area (Å²) in [6, 6.07) is 13.6. The highest BCUT2D eigenvalue weighted by Gasteiger charge is 2.37. The highest BCUT2D eigenvalue weighted by atomic mass is 19.4. The molecule has 1 fully saturated rings. The van der Waals surface area contributed by atoms with Crippen LogP contribution in [0.5, 0.6) is 0 Å². The van der Waals surface area contributed by atoms with Crippen LogP contribution in [0, 0.1) is 5.92 Å². The third kappa shape index (κ3) is 3.65. The van der Waals surface area contributed by atoms with Gasteiger partial charge in [0.1, 0.15) is 0 Å². The fourth-order valence-electron chi connectivity index (χ4n) is 2.81. The number of alkyl halides is 3. The van der Waals surface area contributed by atoms with Crippen molar-refractivity contribution in [3.05, 3.63) is 60.2 Å². The maximum atomic E-state index is 13.0. The molecule has 0 aromatic heterocycles. The number of hydrogen-bond donors (Lipinski definition) is 1. The number of amides is 2. The number of nitrogens with zero attached hydrogens (tertiary/aromatic N) is 1. The minimum absolute atomic E-state index is 0.0328. The minimum Gasteiger partial charge on any atom is -0.325 e. The molecule has 1 saturated heterocycles. The van der Waals surface area contributed by atoms with E-state index in [1.165, 1.54) is 23.1 Å². The van der Waals surface area contributed by atoms with E-state index >= 15 is 0 Å². The number of para-hydroxylation sites is 2. The van der Waals surface area contributed by atoms with Gasteiger partial charge < -0.3 is 10.2 Å². The Hall–Kier alpha value is -2.83. The Morgan fingerprint density at radius 1 is 1.04 bits per heavy atom. The van der Waals surface area contributed by atoms with E-state index in [-0.39, 0.29) is 24.6 Å². The monoisotopic (exact) mass is 348 g/mol. The molecule has 7 heteroatoms. The van der Waals surface area contributed by atoms with Gasteiger partial charge in [0.2, 0.25) is 11.8 Å². The SMILES string of the molecule is O=C(Nc1ccccc1C(F)(F)F)C1CC(=O)N(c2ccccc2)C1. The molecule has 2 amide bonds. The Balaban J connectivity index is 1.75. The molecule has 25 heavy (non-hydrogen) atoms. The zero-order valence-electron chi connectivity index (χ0n) is 13.1. The fraction of sp³-hybridized carbons (Fsp3) is 0.222. The van der Waals surface area contributed by atoms with E-state index in [1.807, 2.05) is 6.07 Å². The highest BCUT2D eigenvalue weighted by Crippen LogP contribution is 2.35. The quantitative estimate of drug-likeness (QED) is 0.920. The van der Waals surface area contributed by atoms with Gasteiger partial charge in [0, 0.05) is 18.7 Å². The number of benzene rings is 2. The van der Waals surface area contributed by atoms with Crippen LogP contribution in [0.15, 0.2) is 54.6 Å². The van der Waals surface area contributed by atoms with Gasteiger partial charge in [-0.25, -0.2) is 0 Å². The lowest BCUT2D eigenvalue weighted by Gasteiger charge is -2.17. The van der Waals surface area contributed by atoms with Crippen molar-refractivity contribution >= 4 is 23.2 Å². The van der Waals surface area contributed by atoms with Crippen LogP contribution < -0.4 is 10.2 Å². The summed E-state index contributed by atoms with van der Waals surface area (Å²) in [4.78, 5) is 26.0. The largest absolute Gasteiger partial charge is 0.418 e.